The Bertz CT molecular complexity index is 1020. The lowest BCUT2D eigenvalue weighted by molar-refractivity contribution is 0.102. The van der Waals surface area contributed by atoms with Crippen LogP contribution in [0.25, 0.3) is 5.69 Å². The molecule has 0 radical (unpaired) electrons. The van der Waals surface area contributed by atoms with Gasteiger partial charge in [0.1, 0.15) is 0 Å². The monoisotopic (exact) mass is 408 g/mol. The van der Waals surface area contributed by atoms with Gasteiger partial charge < -0.3 is 10.2 Å². The van der Waals surface area contributed by atoms with Crippen molar-refractivity contribution in [2.45, 2.75) is 32.6 Å². The molecule has 1 amide bonds. The molecule has 5 nitrogen and oxygen atoms in total. The van der Waals surface area contributed by atoms with E-state index in [4.69, 9.17) is 11.6 Å². The maximum atomic E-state index is 13.1. The molecule has 1 N–H and O–H groups in total. The second-order valence-corrected chi connectivity index (χ2v) is 8.12. The Morgan fingerprint density at radius 3 is 2.52 bits per heavy atom. The molecule has 2 aromatic carbocycles. The lowest BCUT2D eigenvalue weighted by atomic mass is 10.0. The minimum absolute atomic E-state index is 0.119. The maximum absolute atomic E-state index is 13.1. The normalized spacial score (nSPS) is 13.9. The van der Waals surface area contributed by atoms with Gasteiger partial charge in [0.2, 0.25) is 0 Å². The molecule has 4 rings (SSSR count). The third-order valence-electron chi connectivity index (χ3n) is 5.23. The fourth-order valence-electron chi connectivity index (χ4n) is 3.86. The summed E-state index contributed by atoms with van der Waals surface area (Å²) in [5, 5.41) is 8.17. The van der Waals surface area contributed by atoms with Crippen molar-refractivity contribution < 1.29 is 4.79 Å². The summed E-state index contributed by atoms with van der Waals surface area (Å²) in [6.45, 7) is 6.26. The average Bonchev–Trinajstić information content (AvgIpc) is 3.38. The van der Waals surface area contributed by atoms with Gasteiger partial charge in [0, 0.05) is 29.5 Å². The van der Waals surface area contributed by atoms with Crippen LogP contribution in [-0.4, -0.2) is 28.8 Å². The van der Waals surface area contributed by atoms with Crippen LogP contribution in [0.5, 0.6) is 0 Å². The first-order chi connectivity index (χ1) is 14.0. The Morgan fingerprint density at radius 2 is 1.79 bits per heavy atom. The first-order valence-corrected chi connectivity index (χ1v) is 10.4. The summed E-state index contributed by atoms with van der Waals surface area (Å²) in [5.74, 6) is -0.0336. The fourth-order valence-corrected chi connectivity index (χ4v) is 4.04. The van der Waals surface area contributed by atoms with Gasteiger partial charge in [0.25, 0.3) is 5.91 Å². The molecule has 0 atom stereocenters. The van der Waals surface area contributed by atoms with Crippen LogP contribution >= 0.6 is 11.6 Å². The van der Waals surface area contributed by atoms with Crippen molar-refractivity contribution in [3.05, 3.63) is 71.0 Å². The van der Waals surface area contributed by atoms with Crippen LogP contribution in [-0.2, 0) is 0 Å². The number of amides is 1. The average molecular weight is 409 g/mol. The van der Waals surface area contributed by atoms with Gasteiger partial charge in [-0.3, -0.25) is 4.79 Å². The van der Waals surface area contributed by atoms with E-state index in [-0.39, 0.29) is 11.8 Å². The van der Waals surface area contributed by atoms with Crippen molar-refractivity contribution in [2.24, 2.45) is 0 Å². The van der Waals surface area contributed by atoms with Gasteiger partial charge in [-0.2, -0.15) is 5.10 Å². The van der Waals surface area contributed by atoms with Gasteiger partial charge in [-0.25, -0.2) is 4.68 Å². The van der Waals surface area contributed by atoms with Crippen molar-refractivity contribution in [2.75, 3.05) is 23.3 Å². The number of halogens is 1. The Morgan fingerprint density at radius 1 is 1.07 bits per heavy atom. The Balaban J connectivity index is 1.61. The summed E-state index contributed by atoms with van der Waals surface area (Å²) >= 11 is 6.15. The van der Waals surface area contributed by atoms with Crippen molar-refractivity contribution in [3.8, 4) is 5.69 Å². The molecule has 1 aromatic heterocycles. The van der Waals surface area contributed by atoms with Gasteiger partial charge >= 0.3 is 0 Å². The number of rotatable bonds is 5. The van der Waals surface area contributed by atoms with Crippen molar-refractivity contribution >= 4 is 28.9 Å². The quantitative estimate of drug-likeness (QED) is 0.606. The second-order valence-electron chi connectivity index (χ2n) is 7.69. The molecule has 6 heteroatoms. The summed E-state index contributed by atoms with van der Waals surface area (Å²) in [7, 11) is 0. The van der Waals surface area contributed by atoms with E-state index in [9.17, 15) is 4.79 Å². The van der Waals surface area contributed by atoms with E-state index in [2.05, 4.69) is 35.2 Å². The molecule has 1 fully saturated rings. The molecule has 0 bridgehead atoms. The lowest BCUT2D eigenvalue weighted by Gasteiger charge is -2.18. The van der Waals surface area contributed by atoms with E-state index < -0.39 is 0 Å². The summed E-state index contributed by atoms with van der Waals surface area (Å²) in [5.41, 5.74) is 4.23. The standard InChI is InChI=1S/C23H25ClN4O/c1-16(2)22-21(15-25-28(22)20-10-5-7-17(24)13-20)23(29)26-18-8-6-9-19(14-18)27-11-3-4-12-27/h5-10,13-16H,3-4,11-12H2,1-2H3,(H,26,29). The highest BCUT2D eigenvalue weighted by Crippen LogP contribution is 2.27. The van der Waals surface area contributed by atoms with Crippen LogP contribution in [0.15, 0.2) is 54.7 Å². The minimum Gasteiger partial charge on any atom is -0.371 e. The van der Waals surface area contributed by atoms with Crippen molar-refractivity contribution in [1.29, 1.82) is 0 Å². The highest BCUT2D eigenvalue weighted by atomic mass is 35.5. The van der Waals surface area contributed by atoms with E-state index in [1.165, 1.54) is 12.8 Å². The molecular formula is C23H25ClN4O. The molecule has 0 unspecified atom stereocenters. The molecular weight excluding hydrogens is 384 g/mol. The zero-order valence-electron chi connectivity index (χ0n) is 16.7. The van der Waals surface area contributed by atoms with Crippen LogP contribution in [0.3, 0.4) is 0 Å². The minimum atomic E-state index is -0.152. The molecule has 1 aliphatic heterocycles. The van der Waals surface area contributed by atoms with E-state index in [0.717, 1.165) is 35.8 Å². The largest absolute Gasteiger partial charge is 0.371 e. The number of nitrogens with one attached hydrogen (secondary N) is 1. The van der Waals surface area contributed by atoms with Crippen LogP contribution in [0.4, 0.5) is 11.4 Å². The highest BCUT2D eigenvalue weighted by molar-refractivity contribution is 6.30. The van der Waals surface area contributed by atoms with Crippen LogP contribution in [0, 0.1) is 0 Å². The Hall–Kier alpha value is -2.79. The molecule has 3 aromatic rings. The van der Waals surface area contributed by atoms with E-state index in [1.54, 1.807) is 10.9 Å². The van der Waals surface area contributed by atoms with Crippen molar-refractivity contribution in [3.63, 3.8) is 0 Å². The molecule has 2 heterocycles. The molecule has 150 valence electrons. The topological polar surface area (TPSA) is 50.2 Å². The van der Waals surface area contributed by atoms with Crippen LogP contribution < -0.4 is 10.2 Å². The van der Waals surface area contributed by atoms with E-state index in [0.29, 0.717) is 10.6 Å². The zero-order chi connectivity index (χ0) is 20.4. The lowest BCUT2D eigenvalue weighted by Crippen LogP contribution is -2.18. The summed E-state index contributed by atoms with van der Waals surface area (Å²) in [6.07, 6.45) is 4.07. The molecule has 29 heavy (non-hydrogen) atoms. The van der Waals surface area contributed by atoms with Gasteiger partial charge in [0.05, 0.1) is 23.1 Å². The first kappa shape index (κ1) is 19.5. The Kier molecular flexibility index (Phi) is 5.58. The number of nitrogens with zero attached hydrogens (tertiary/aromatic N) is 3. The predicted molar refractivity (Wildman–Crippen MR) is 119 cm³/mol. The van der Waals surface area contributed by atoms with E-state index >= 15 is 0 Å². The number of carbonyl (C=O) groups excluding carboxylic acids is 1. The van der Waals surface area contributed by atoms with Crippen molar-refractivity contribution in [1.82, 2.24) is 9.78 Å². The van der Waals surface area contributed by atoms with Gasteiger partial charge in [-0.1, -0.05) is 37.6 Å². The smallest absolute Gasteiger partial charge is 0.259 e. The summed E-state index contributed by atoms with van der Waals surface area (Å²) in [4.78, 5) is 15.4. The van der Waals surface area contributed by atoms with Gasteiger partial charge in [0.15, 0.2) is 0 Å². The predicted octanol–water partition coefficient (Wildman–Crippen LogP) is 5.50. The number of carbonyl (C=O) groups is 1. The fraction of sp³-hybridized carbons (Fsp3) is 0.304. The molecule has 1 saturated heterocycles. The van der Waals surface area contributed by atoms with E-state index in [1.807, 2.05) is 42.5 Å². The summed E-state index contributed by atoms with van der Waals surface area (Å²) < 4.78 is 1.80. The zero-order valence-corrected chi connectivity index (χ0v) is 17.5. The SMILES string of the molecule is CC(C)c1c(C(=O)Nc2cccc(N3CCCC3)c2)cnn1-c1cccc(Cl)c1. The Labute approximate surface area is 176 Å². The third kappa shape index (κ3) is 4.15. The van der Waals surface area contributed by atoms with Crippen LogP contribution in [0.2, 0.25) is 5.02 Å². The number of benzene rings is 2. The third-order valence-corrected chi connectivity index (χ3v) is 5.46. The summed E-state index contributed by atoms with van der Waals surface area (Å²) in [6, 6.07) is 15.5. The number of anilines is 2. The first-order valence-electron chi connectivity index (χ1n) is 10.0. The number of aromatic nitrogens is 2. The molecule has 0 spiro atoms. The molecule has 0 saturated carbocycles. The maximum Gasteiger partial charge on any atom is 0.259 e. The van der Waals surface area contributed by atoms with Gasteiger partial charge in [-0.15, -0.1) is 0 Å². The molecule has 1 aliphatic rings. The highest BCUT2D eigenvalue weighted by Gasteiger charge is 2.21. The second kappa shape index (κ2) is 8.29. The van der Waals surface area contributed by atoms with Crippen LogP contribution in [0.1, 0.15) is 48.7 Å². The number of hydrogen-bond donors (Lipinski definition) is 1. The van der Waals surface area contributed by atoms with Gasteiger partial charge in [-0.05, 0) is 55.2 Å². The molecule has 0 aliphatic carbocycles. The number of hydrogen-bond acceptors (Lipinski definition) is 3.